The van der Waals surface area contributed by atoms with E-state index in [4.69, 9.17) is 23.2 Å². The average molecular weight is 471 g/mol. The molecule has 2 aromatic heterocycles. The third-order valence-corrected chi connectivity index (χ3v) is 6.20. The largest absolute Gasteiger partial charge is 0.352 e. The maximum Gasteiger partial charge on any atom is 0.251 e. The second-order valence-corrected chi connectivity index (χ2v) is 8.42. The zero-order chi connectivity index (χ0) is 20.8. The molecular formula is C17H16Cl2N6O2S2. The molecule has 0 bridgehead atoms. The highest BCUT2D eigenvalue weighted by atomic mass is 35.5. The average Bonchev–Trinajstić information content (AvgIpc) is 3.32. The zero-order valence-corrected chi connectivity index (χ0v) is 18.3. The number of nitrogens with one attached hydrogen (secondary N) is 2. The van der Waals surface area contributed by atoms with Crippen LogP contribution in [0.4, 0.5) is 5.13 Å². The molecule has 0 aliphatic carbocycles. The first-order valence-corrected chi connectivity index (χ1v) is 11.0. The van der Waals surface area contributed by atoms with Crippen molar-refractivity contribution in [3.8, 4) is 0 Å². The van der Waals surface area contributed by atoms with Gasteiger partial charge in [-0.2, -0.15) is 0 Å². The first kappa shape index (κ1) is 21.6. The second kappa shape index (κ2) is 10.1. The second-order valence-electron chi connectivity index (χ2n) is 5.77. The summed E-state index contributed by atoms with van der Waals surface area (Å²) in [6, 6.07) is 4.71. The number of amides is 2. The number of rotatable bonds is 8. The van der Waals surface area contributed by atoms with E-state index in [0.717, 1.165) is 0 Å². The van der Waals surface area contributed by atoms with Gasteiger partial charge in [0, 0.05) is 37.2 Å². The molecule has 0 saturated carbocycles. The Bertz CT molecular complexity index is 1010. The maximum absolute atomic E-state index is 12.2. The minimum Gasteiger partial charge on any atom is -0.352 e. The Morgan fingerprint density at radius 1 is 1.24 bits per heavy atom. The standard InChI is InChI=1S/C17H16Cl2N6O2S2/c1-25-13(4-5-20-15(27)10-2-3-11(18)12(19)8-10)23-24-17(25)29-9-14(26)22-16-21-6-7-28-16/h2-3,6-8H,4-5,9H2,1H3,(H,20,27)(H,21,22,26). The Morgan fingerprint density at radius 3 is 2.79 bits per heavy atom. The number of anilines is 1. The fourth-order valence-electron chi connectivity index (χ4n) is 2.29. The molecule has 0 unspecified atom stereocenters. The molecule has 0 aliphatic rings. The Balaban J connectivity index is 1.47. The van der Waals surface area contributed by atoms with Gasteiger partial charge in [-0.1, -0.05) is 35.0 Å². The zero-order valence-electron chi connectivity index (χ0n) is 15.2. The lowest BCUT2D eigenvalue weighted by atomic mass is 10.2. The minimum atomic E-state index is -0.251. The van der Waals surface area contributed by atoms with E-state index >= 15 is 0 Å². The fourth-order valence-corrected chi connectivity index (χ4v) is 3.86. The topological polar surface area (TPSA) is 102 Å². The number of carbonyl (C=O) groups excluding carboxylic acids is 2. The van der Waals surface area contributed by atoms with Crippen molar-refractivity contribution in [3.63, 3.8) is 0 Å². The van der Waals surface area contributed by atoms with E-state index in [9.17, 15) is 9.59 Å². The van der Waals surface area contributed by atoms with E-state index in [2.05, 4.69) is 25.8 Å². The fraction of sp³-hybridized carbons (Fsp3) is 0.235. The van der Waals surface area contributed by atoms with Crippen LogP contribution in [0.5, 0.6) is 0 Å². The van der Waals surface area contributed by atoms with Crippen molar-refractivity contribution in [1.29, 1.82) is 0 Å². The van der Waals surface area contributed by atoms with Gasteiger partial charge in [0.2, 0.25) is 5.91 Å². The first-order chi connectivity index (χ1) is 13.9. The van der Waals surface area contributed by atoms with Crippen LogP contribution in [-0.4, -0.2) is 43.9 Å². The number of nitrogens with zero attached hydrogens (tertiary/aromatic N) is 4. The van der Waals surface area contributed by atoms with E-state index < -0.39 is 0 Å². The van der Waals surface area contributed by atoms with Gasteiger partial charge in [-0.15, -0.1) is 21.5 Å². The predicted molar refractivity (Wildman–Crippen MR) is 115 cm³/mol. The molecule has 2 N–H and O–H groups in total. The van der Waals surface area contributed by atoms with Crippen LogP contribution in [0.3, 0.4) is 0 Å². The number of hydrogen-bond acceptors (Lipinski definition) is 7. The van der Waals surface area contributed by atoms with Crippen LogP contribution in [0.2, 0.25) is 10.0 Å². The number of aromatic nitrogens is 4. The number of thioether (sulfide) groups is 1. The summed E-state index contributed by atoms with van der Waals surface area (Å²) in [6.07, 6.45) is 2.12. The van der Waals surface area contributed by atoms with E-state index in [1.54, 1.807) is 28.3 Å². The molecule has 0 radical (unpaired) electrons. The van der Waals surface area contributed by atoms with Gasteiger partial charge in [0.05, 0.1) is 15.8 Å². The van der Waals surface area contributed by atoms with Gasteiger partial charge in [0.25, 0.3) is 5.91 Å². The van der Waals surface area contributed by atoms with Gasteiger partial charge in [0.1, 0.15) is 5.82 Å². The minimum absolute atomic E-state index is 0.164. The number of halogens is 2. The summed E-state index contributed by atoms with van der Waals surface area (Å²) in [4.78, 5) is 28.1. The molecule has 2 amide bonds. The van der Waals surface area contributed by atoms with Crippen molar-refractivity contribution in [1.82, 2.24) is 25.1 Å². The Labute approximate surface area is 185 Å². The van der Waals surface area contributed by atoms with E-state index in [1.807, 2.05) is 7.05 Å². The van der Waals surface area contributed by atoms with Crippen molar-refractivity contribution in [2.24, 2.45) is 7.05 Å². The molecule has 3 aromatic rings. The van der Waals surface area contributed by atoms with Crippen LogP contribution in [0, 0.1) is 0 Å². The Kier molecular flexibility index (Phi) is 7.48. The molecule has 1 aromatic carbocycles. The smallest absolute Gasteiger partial charge is 0.251 e. The Morgan fingerprint density at radius 2 is 2.07 bits per heavy atom. The van der Waals surface area contributed by atoms with Gasteiger partial charge in [0.15, 0.2) is 10.3 Å². The normalized spacial score (nSPS) is 10.7. The molecule has 0 spiro atoms. The van der Waals surface area contributed by atoms with Gasteiger partial charge in [-0.05, 0) is 18.2 Å². The molecular weight excluding hydrogens is 455 g/mol. The summed E-state index contributed by atoms with van der Waals surface area (Å²) in [5.41, 5.74) is 0.430. The van der Waals surface area contributed by atoms with Crippen molar-refractivity contribution in [3.05, 3.63) is 51.2 Å². The quantitative estimate of drug-likeness (QED) is 0.489. The van der Waals surface area contributed by atoms with Gasteiger partial charge in [-0.3, -0.25) is 9.59 Å². The summed E-state index contributed by atoms with van der Waals surface area (Å²) in [5, 5.41) is 17.4. The summed E-state index contributed by atoms with van der Waals surface area (Å²) in [7, 11) is 1.82. The highest BCUT2D eigenvalue weighted by Gasteiger charge is 2.13. The number of carbonyl (C=O) groups is 2. The van der Waals surface area contributed by atoms with Crippen LogP contribution in [0.1, 0.15) is 16.2 Å². The lowest BCUT2D eigenvalue weighted by Gasteiger charge is -2.07. The number of hydrogen-bond donors (Lipinski definition) is 2. The van der Waals surface area contributed by atoms with Gasteiger partial charge < -0.3 is 15.2 Å². The highest BCUT2D eigenvalue weighted by molar-refractivity contribution is 7.99. The molecule has 29 heavy (non-hydrogen) atoms. The van der Waals surface area contributed by atoms with E-state index in [1.165, 1.54) is 29.2 Å². The maximum atomic E-state index is 12.2. The molecule has 8 nitrogen and oxygen atoms in total. The van der Waals surface area contributed by atoms with E-state index in [0.29, 0.717) is 44.7 Å². The van der Waals surface area contributed by atoms with Crippen molar-refractivity contribution in [2.75, 3.05) is 17.6 Å². The summed E-state index contributed by atoms with van der Waals surface area (Å²) < 4.78 is 1.80. The molecule has 3 rings (SSSR count). The third kappa shape index (κ3) is 5.92. The highest BCUT2D eigenvalue weighted by Crippen LogP contribution is 2.22. The van der Waals surface area contributed by atoms with Gasteiger partial charge >= 0.3 is 0 Å². The predicted octanol–water partition coefficient (Wildman–Crippen LogP) is 3.28. The summed E-state index contributed by atoms with van der Waals surface area (Å²) in [5.74, 6) is 0.476. The van der Waals surface area contributed by atoms with Crippen molar-refractivity contribution < 1.29 is 9.59 Å². The number of thiazole rings is 1. The van der Waals surface area contributed by atoms with Crippen molar-refractivity contribution >= 4 is 63.2 Å². The molecule has 0 fully saturated rings. The molecule has 12 heteroatoms. The van der Waals surface area contributed by atoms with Crippen LogP contribution in [0.25, 0.3) is 0 Å². The molecule has 0 atom stereocenters. The van der Waals surface area contributed by atoms with Crippen LogP contribution in [0.15, 0.2) is 34.9 Å². The first-order valence-electron chi connectivity index (χ1n) is 8.37. The molecule has 0 saturated heterocycles. The third-order valence-electron chi connectivity index (χ3n) is 3.75. The van der Waals surface area contributed by atoms with Crippen LogP contribution in [-0.2, 0) is 18.3 Å². The van der Waals surface area contributed by atoms with Crippen molar-refractivity contribution in [2.45, 2.75) is 11.6 Å². The van der Waals surface area contributed by atoms with Crippen LogP contribution < -0.4 is 10.6 Å². The molecule has 152 valence electrons. The lowest BCUT2D eigenvalue weighted by Crippen LogP contribution is -2.26. The SMILES string of the molecule is Cn1c(CCNC(=O)c2ccc(Cl)c(Cl)c2)nnc1SCC(=O)Nc1nccs1. The molecule has 0 aliphatic heterocycles. The van der Waals surface area contributed by atoms with E-state index in [-0.39, 0.29) is 17.6 Å². The Hall–Kier alpha value is -2.14. The lowest BCUT2D eigenvalue weighted by molar-refractivity contribution is -0.113. The van der Waals surface area contributed by atoms with Crippen LogP contribution >= 0.6 is 46.3 Å². The molecule has 2 heterocycles. The number of benzene rings is 1. The monoisotopic (exact) mass is 470 g/mol. The van der Waals surface area contributed by atoms with Gasteiger partial charge in [-0.25, -0.2) is 4.98 Å². The summed E-state index contributed by atoms with van der Waals surface area (Å²) in [6.45, 7) is 0.375. The summed E-state index contributed by atoms with van der Waals surface area (Å²) >= 11 is 14.4.